The maximum absolute atomic E-state index is 9.66. The molecule has 1 aliphatic heterocycles. The maximum Gasteiger partial charge on any atom is 0.157 e. The van der Waals surface area contributed by atoms with Gasteiger partial charge in [0.25, 0.3) is 0 Å². The van der Waals surface area contributed by atoms with Gasteiger partial charge in [-0.3, -0.25) is 0 Å². The normalized spacial score (nSPS) is 18.3. The summed E-state index contributed by atoms with van der Waals surface area (Å²) in [5.41, 5.74) is 3.31. The van der Waals surface area contributed by atoms with Crippen molar-refractivity contribution in [2.45, 2.75) is 12.5 Å². The lowest BCUT2D eigenvalue weighted by molar-refractivity contribution is 0.400. The second kappa shape index (κ2) is 4.35. The van der Waals surface area contributed by atoms with Gasteiger partial charge in [0.05, 0.1) is 6.04 Å². The maximum atomic E-state index is 9.66. The highest BCUT2D eigenvalue weighted by Gasteiger charge is 2.22. The van der Waals surface area contributed by atoms with Gasteiger partial charge in [0.15, 0.2) is 11.5 Å². The lowest BCUT2D eigenvalue weighted by atomic mass is 9.89. The molecule has 2 aromatic rings. The molecule has 3 nitrogen and oxygen atoms in total. The Morgan fingerprint density at radius 3 is 2.50 bits per heavy atom. The number of phenolic OH excluding ortho intramolecular Hbond substituents is 2. The summed E-state index contributed by atoms with van der Waals surface area (Å²) in [5.74, 6) is -0.0964. The smallest absolute Gasteiger partial charge is 0.157 e. The molecule has 0 aliphatic carbocycles. The Balaban J connectivity index is 2.09. The van der Waals surface area contributed by atoms with Crippen molar-refractivity contribution < 1.29 is 10.2 Å². The fourth-order valence-electron chi connectivity index (χ4n) is 2.53. The highest BCUT2D eigenvalue weighted by atomic mass is 16.3. The first-order valence-corrected chi connectivity index (χ1v) is 6.09. The number of hydrogen-bond acceptors (Lipinski definition) is 3. The molecule has 3 N–H and O–H groups in total. The van der Waals surface area contributed by atoms with Crippen LogP contribution in [0.25, 0.3) is 0 Å². The topological polar surface area (TPSA) is 52.5 Å². The minimum Gasteiger partial charge on any atom is -0.504 e. The molecular weight excluding hydrogens is 226 g/mol. The Morgan fingerprint density at radius 2 is 1.72 bits per heavy atom. The first-order chi connectivity index (χ1) is 8.75. The van der Waals surface area contributed by atoms with Gasteiger partial charge in [-0.25, -0.2) is 0 Å². The van der Waals surface area contributed by atoms with E-state index in [0.717, 1.165) is 24.1 Å². The summed E-state index contributed by atoms with van der Waals surface area (Å²) in [6.45, 7) is 0.872. The molecule has 0 radical (unpaired) electrons. The van der Waals surface area contributed by atoms with E-state index in [2.05, 4.69) is 17.4 Å². The molecule has 3 heteroatoms. The number of aromatic hydroxyl groups is 2. The fourth-order valence-corrected chi connectivity index (χ4v) is 2.53. The molecule has 1 atom stereocenters. The van der Waals surface area contributed by atoms with Gasteiger partial charge in [-0.1, -0.05) is 30.3 Å². The Kier molecular flexibility index (Phi) is 2.68. The van der Waals surface area contributed by atoms with E-state index in [1.165, 1.54) is 5.56 Å². The first kappa shape index (κ1) is 11.1. The van der Waals surface area contributed by atoms with Crippen LogP contribution >= 0.6 is 0 Å². The summed E-state index contributed by atoms with van der Waals surface area (Å²) in [6.07, 6.45) is 0.868. The predicted octanol–water partition coefficient (Wildman–Crippen LogP) is 2.33. The summed E-state index contributed by atoms with van der Waals surface area (Å²) in [6, 6.07) is 13.5. The summed E-state index contributed by atoms with van der Waals surface area (Å²) in [4.78, 5) is 0. The minimum atomic E-state index is -0.0571. The first-order valence-electron chi connectivity index (χ1n) is 6.09. The van der Waals surface area contributed by atoms with Crippen LogP contribution in [0.1, 0.15) is 22.7 Å². The van der Waals surface area contributed by atoms with Crippen molar-refractivity contribution in [1.82, 2.24) is 5.32 Å². The molecule has 2 aromatic carbocycles. The summed E-state index contributed by atoms with van der Waals surface area (Å²) in [5, 5.41) is 22.7. The molecule has 18 heavy (non-hydrogen) atoms. The highest BCUT2D eigenvalue weighted by Crippen LogP contribution is 2.35. The molecule has 0 aromatic heterocycles. The van der Waals surface area contributed by atoms with Crippen molar-refractivity contribution in [3.8, 4) is 11.5 Å². The van der Waals surface area contributed by atoms with Crippen LogP contribution in [0.3, 0.4) is 0 Å². The summed E-state index contributed by atoms with van der Waals surface area (Å²) in [7, 11) is 0. The highest BCUT2D eigenvalue weighted by molar-refractivity contribution is 5.50. The van der Waals surface area contributed by atoms with Crippen LogP contribution < -0.4 is 5.32 Å². The van der Waals surface area contributed by atoms with E-state index >= 15 is 0 Å². The van der Waals surface area contributed by atoms with Crippen molar-refractivity contribution in [2.24, 2.45) is 0 Å². The van der Waals surface area contributed by atoms with Crippen molar-refractivity contribution in [3.63, 3.8) is 0 Å². The third-order valence-electron chi connectivity index (χ3n) is 3.42. The SMILES string of the molecule is Oc1cc2c(cc1O)[C@@H](c1ccccc1)NCC2. The van der Waals surface area contributed by atoms with Crippen molar-refractivity contribution in [2.75, 3.05) is 6.54 Å². The number of fused-ring (bicyclic) bond motifs is 1. The quantitative estimate of drug-likeness (QED) is 0.672. The molecule has 3 rings (SSSR count). The third-order valence-corrected chi connectivity index (χ3v) is 3.42. The molecule has 0 bridgehead atoms. The van der Waals surface area contributed by atoms with Gasteiger partial charge in [-0.15, -0.1) is 0 Å². The lowest BCUT2D eigenvalue weighted by Crippen LogP contribution is -2.30. The van der Waals surface area contributed by atoms with E-state index in [9.17, 15) is 10.2 Å². The minimum absolute atomic E-state index is 0.0394. The van der Waals surface area contributed by atoms with Gasteiger partial charge in [0.1, 0.15) is 0 Å². The van der Waals surface area contributed by atoms with Crippen molar-refractivity contribution >= 4 is 0 Å². The van der Waals surface area contributed by atoms with E-state index in [-0.39, 0.29) is 17.5 Å². The monoisotopic (exact) mass is 241 g/mol. The van der Waals surface area contributed by atoms with Crippen LogP contribution in [0.5, 0.6) is 11.5 Å². The zero-order valence-electron chi connectivity index (χ0n) is 9.93. The standard InChI is InChI=1S/C15H15NO2/c17-13-8-11-6-7-16-15(12(11)9-14(13)18)10-4-2-1-3-5-10/h1-5,8-9,15-18H,6-7H2/t15-/m1/s1. The molecule has 0 amide bonds. The summed E-state index contributed by atoms with van der Waals surface area (Å²) < 4.78 is 0. The second-order valence-electron chi connectivity index (χ2n) is 4.59. The lowest BCUT2D eigenvalue weighted by Gasteiger charge is -2.27. The Hall–Kier alpha value is -2.00. The van der Waals surface area contributed by atoms with Gasteiger partial charge in [-0.05, 0) is 35.2 Å². The zero-order chi connectivity index (χ0) is 12.5. The Bertz CT molecular complexity index is 566. The molecule has 92 valence electrons. The average Bonchev–Trinajstić information content (AvgIpc) is 2.40. The summed E-state index contributed by atoms with van der Waals surface area (Å²) >= 11 is 0. The molecule has 0 fully saturated rings. The number of phenols is 2. The Labute approximate surface area is 106 Å². The predicted molar refractivity (Wildman–Crippen MR) is 69.8 cm³/mol. The fraction of sp³-hybridized carbons (Fsp3) is 0.200. The van der Waals surface area contributed by atoms with Gasteiger partial charge < -0.3 is 15.5 Å². The van der Waals surface area contributed by atoms with E-state index in [0.29, 0.717) is 0 Å². The van der Waals surface area contributed by atoms with Gasteiger partial charge in [0.2, 0.25) is 0 Å². The third kappa shape index (κ3) is 1.83. The van der Waals surface area contributed by atoms with Gasteiger partial charge >= 0.3 is 0 Å². The van der Waals surface area contributed by atoms with Gasteiger partial charge in [0, 0.05) is 6.54 Å². The van der Waals surface area contributed by atoms with E-state index in [1.807, 2.05) is 18.2 Å². The van der Waals surface area contributed by atoms with Crippen molar-refractivity contribution in [1.29, 1.82) is 0 Å². The Morgan fingerprint density at radius 1 is 1.00 bits per heavy atom. The largest absolute Gasteiger partial charge is 0.504 e. The van der Waals surface area contributed by atoms with Gasteiger partial charge in [-0.2, -0.15) is 0 Å². The van der Waals surface area contributed by atoms with Crippen LogP contribution in [-0.2, 0) is 6.42 Å². The number of benzene rings is 2. The van der Waals surface area contributed by atoms with Crippen LogP contribution in [-0.4, -0.2) is 16.8 Å². The molecular formula is C15H15NO2. The van der Waals surface area contributed by atoms with E-state index in [1.54, 1.807) is 12.1 Å². The zero-order valence-corrected chi connectivity index (χ0v) is 9.93. The number of hydrogen-bond donors (Lipinski definition) is 3. The molecule has 1 heterocycles. The average molecular weight is 241 g/mol. The van der Waals surface area contributed by atoms with Crippen LogP contribution in [0.4, 0.5) is 0 Å². The van der Waals surface area contributed by atoms with E-state index in [4.69, 9.17) is 0 Å². The van der Waals surface area contributed by atoms with Crippen LogP contribution in [0.15, 0.2) is 42.5 Å². The molecule has 0 unspecified atom stereocenters. The number of rotatable bonds is 1. The van der Waals surface area contributed by atoms with Crippen LogP contribution in [0, 0.1) is 0 Å². The van der Waals surface area contributed by atoms with Crippen molar-refractivity contribution in [3.05, 3.63) is 59.2 Å². The second-order valence-corrected chi connectivity index (χ2v) is 4.59. The van der Waals surface area contributed by atoms with Crippen LogP contribution in [0.2, 0.25) is 0 Å². The molecule has 1 aliphatic rings. The molecule has 0 saturated heterocycles. The molecule has 0 saturated carbocycles. The van der Waals surface area contributed by atoms with E-state index < -0.39 is 0 Å². The molecule has 0 spiro atoms. The number of nitrogens with one attached hydrogen (secondary N) is 1.